The Hall–Kier alpha value is -0.870. The Morgan fingerprint density at radius 1 is 1.37 bits per heavy atom. The molecule has 3 nitrogen and oxygen atoms in total. The van der Waals surface area contributed by atoms with Gasteiger partial charge in [-0.3, -0.25) is 4.90 Å². The van der Waals surface area contributed by atoms with Gasteiger partial charge in [-0.25, -0.2) is 0 Å². The van der Waals surface area contributed by atoms with E-state index in [0.717, 1.165) is 42.9 Å². The molecule has 0 radical (unpaired) electrons. The Morgan fingerprint density at radius 3 is 2.70 bits per heavy atom. The smallest absolute Gasteiger partial charge is 0.0997 e. The van der Waals surface area contributed by atoms with Crippen molar-refractivity contribution in [1.29, 1.82) is 0 Å². The molecule has 27 heavy (non-hydrogen) atoms. The third-order valence-corrected chi connectivity index (χ3v) is 6.90. The Balaban J connectivity index is 1.89. The van der Waals surface area contributed by atoms with Gasteiger partial charge in [-0.05, 0) is 64.2 Å². The number of fused-ring (bicyclic) bond motifs is 1. The molecule has 1 aliphatic carbocycles. The Labute approximate surface area is 169 Å². The minimum Gasteiger partial charge on any atom is -0.380 e. The van der Waals surface area contributed by atoms with Crippen LogP contribution in [-0.2, 0) is 14.9 Å². The highest BCUT2D eigenvalue weighted by atomic mass is 35.5. The lowest BCUT2D eigenvalue weighted by atomic mass is 9.76. The average molecular weight is 392 g/mol. The van der Waals surface area contributed by atoms with E-state index < -0.39 is 0 Å². The average Bonchev–Trinajstić information content (AvgIpc) is 3.30. The van der Waals surface area contributed by atoms with Gasteiger partial charge in [-0.2, -0.15) is 0 Å². The number of piperidine rings is 1. The van der Waals surface area contributed by atoms with Gasteiger partial charge in [0.25, 0.3) is 0 Å². The lowest BCUT2D eigenvalue weighted by Gasteiger charge is -2.42. The summed E-state index contributed by atoms with van der Waals surface area (Å²) in [4.78, 5) is 2.45. The van der Waals surface area contributed by atoms with Crippen molar-refractivity contribution in [2.75, 3.05) is 26.9 Å². The van der Waals surface area contributed by atoms with Gasteiger partial charge in [-0.1, -0.05) is 29.8 Å². The second kappa shape index (κ2) is 7.51. The first kappa shape index (κ1) is 20.9. The molecule has 1 aliphatic heterocycles. The molecule has 0 aromatic heterocycles. The van der Waals surface area contributed by atoms with Crippen LogP contribution in [0.5, 0.6) is 0 Å². The van der Waals surface area contributed by atoms with Gasteiger partial charge in [0.15, 0.2) is 0 Å². The maximum Gasteiger partial charge on any atom is 0.0997 e. The highest BCUT2D eigenvalue weighted by Crippen LogP contribution is 2.71. The normalized spacial score (nSPS) is 29.3. The third kappa shape index (κ3) is 3.85. The minimum absolute atomic E-state index is 0.0913. The van der Waals surface area contributed by atoms with E-state index in [9.17, 15) is 0 Å². The first-order valence-electron chi connectivity index (χ1n) is 9.94. The molecule has 2 aliphatic rings. The van der Waals surface area contributed by atoms with E-state index in [-0.39, 0.29) is 22.5 Å². The molecule has 4 heteroatoms. The molecular weight excluding hydrogens is 358 g/mol. The summed E-state index contributed by atoms with van der Waals surface area (Å²) in [6.45, 7) is 15.0. The van der Waals surface area contributed by atoms with Crippen LogP contribution in [0.15, 0.2) is 30.9 Å². The topological polar surface area (TPSA) is 21.7 Å². The number of nitrogens with zero attached hydrogens (tertiary/aromatic N) is 1. The fourth-order valence-electron chi connectivity index (χ4n) is 4.91. The van der Waals surface area contributed by atoms with Crippen LogP contribution in [0.3, 0.4) is 0 Å². The van der Waals surface area contributed by atoms with Crippen LogP contribution in [0, 0.1) is 12.3 Å². The lowest BCUT2D eigenvalue weighted by Crippen LogP contribution is -2.49. The van der Waals surface area contributed by atoms with E-state index in [1.165, 1.54) is 5.56 Å². The number of hydrogen-bond donors (Lipinski definition) is 0. The van der Waals surface area contributed by atoms with Gasteiger partial charge in [-0.15, -0.1) is 6.58 Å². The van der Waals surface area contributed by atoms with Crippen LogP contribution in [0.4, 0.5) is 0 Å². The van der Waals surface area contributed by atoms with Crippen LogP contribution in [0.25, 0.3) is 0 Å². The molecule has 1 saturated heterocycles. The highest BCUT2D eigenvalue weighted by molar-refractivity contribution is 6.31. The van der Waals surface area contributed by atoms with Crippen LogP contribution < -0.4 is 0 Å². The fourth-order valence-corrected chi connectivity index (χ4v) is 5.09. The molecule has 3 atom stereocenters. The molecule has 0 N–H and O–H groups in total. The van der Waals surface area contributed by atoms with E-state index in [1.807, 2.05) is 13.2 Å². The van der Waals surface area contributed by atoms with E-state index in [0.29, 0.717) is 6.73 Å². The molecular formula is C23H34ClNO2. The number of likely N-dealkylation sites (tertiary alicyclic amines) is 1. The summed E-state index contributed by atoms with van der Waals surface area (Å²) in [6.07, 6.45) is 5.26. The molecule has 1 saturated carbocycles. The number of methoxy groups -OCH3 is 1. The molecule has 0 amide bonds. The van der Waals surface area contributed by atoms with E-state index in [2.05, 4.69) is 57.4 Å². The van der Waals surface area contributed by atoms with Gasteiger partial charge in [0.2, 0.25) is 0 Å². The highest BCUT2D eigenvalue weighted by Gasteiger charge is 2.72. The molecule has 1 aromatic carbocycles. The Bertz CT molecular complexity index is 698. The van der Waals surface area contributed by atoms with Gasteiger partial charge in [0.05, 0.1) is 18.4 Å². The molecule has 2 fully saturated rings. The van der Waals surface area contributed by atoms with Crippen molar-refractivity contribution in [3.8, 4) is 0 Å². The van der Waals surface area contributed by atoms with E-state index in [1.54, 1.807) is 0 Å². The largest absolute Gasteiger partial charge is 0.380 e. The Morgan fingerprint density at radius 2 is 2.11 bits per heavy atom. The van der Waals surface area contributed by atoms with Gasteiger partial charge < -0.3 is 9.47 Å². The first-order valence-corrected chi connectivity index (χ1v) is 10.3. The fraction of sp³-hybridized carbons (Fsp3) is 0.652. The standard InChI is InChI=1S/C23H34ClNO2/c1-7-8-20(26-6)23-14-22(23,18-10-9-17(2)19(24)13-18)11-12-25(15-23)16-27-21(3,4)5/h7,9-10,13,20H,1,8,11-12,14-16H2,2-6H3. The minimum atomic E-state index is -0.127. The monoisotopic (exact) mass is 391 g/mol. The lowest BCUT2D eigenvalue weighted by molar-refractivity contribution is -0.0895. The predicted molar refractivity (Wildman–Crippen MR) is 112 cm³/mol. The second-order valence-electron chi connectivity index (χ2n) is 9.32. The van der Waals surface area contributed by atoms with Gasteiger partial charge >= 0.3 is 0 Å². The Kier molecular flexibility index (Phi) is 5.80. The molecule has 1 heterocycles. The van der Waals surface area contributed by atoms with Crippen molar-refractivity contribution >= 4 is 11.6 Å². The summed E-state index contributed by atoms with van der Waals surface area (Å²) in [5.74, 6) is 0. The molecule has 150 valence electrons. The van der Waals surface area contributed by atoms with Crippen LogP contribution >= 0.6 is 11.6 Å². The second-order valence-corrected chi connectivity index (χ2v) is 9.72. The number of ether oxygens (including phenoxy) is 2. The number of halogens is 1. The molecule has 3 unspecified atom stereocenters. The van der Waals surface area contributed by atoms with Crippen LogP contribution in [0.1, 0.15) is 51.2 Å². The number of hydrogen-bond acceptors (Lipinski definition) is 3. The van der Waals surface area contributed by atoms with Crippen molar-refractivity contribution < 1.29 is 9.47 Å². The van der Waals surface area contributed by atoms with Gasteiger partial charge in [0.1, 0.15) is 0 Å². The van der Waals surface area contributed by atoms with E-state index >= 15 is 0 Å². The van der Waals surface area contributed by atoms with Crippen molar-refractivity contribution in [3.05, 3.63) is 47.0 Å². The van der Waals surface area contributed by atoms with Crippen LogP contribution in [0.2, 0.25) is 5.02 Å². The van der Waals surface area contributed by atoms with Crippen LogP contribution in [-0.4, -0.2) is 43.5 Å². The summed E-state index contributed by atoms with van der Waals surface area (Å²) >= 11 is 6.48. The number of aryl methyl sites for hydroxylation is 1. The quantitative estimate of drug-likeness (QED) is 0.585. The van der Waals surface area contributed by atoms with Crippen molar-refractivity contribution in [2.45, 2.75) is 64.1 Å². The van der Waals surface area contributed by atoms with Crippen molar-refractivity contribution in [3.63, 3.8) is 0 Å². The molecule has 1 aromatic rings. The number of rotatable bonds is 7. The van der Waals surface area contributed by atoms with Crippen molar-refractivity contribution in [2.24, 2.45) is 5.41 Å². The first-order chi connectivity index (χ1) is 12.7. The summed E-state index contributed by atoms with van der Waals surface area (Å²) in [5.41, 5.74) is 2.60. The summed E-state index contributed by atoms with van der Waals surface area (Å²) in [5, 5.41) is 0.860. The molecule has 3 rings (SSSR count). The zero-order valence-electron chi connectivity index (χ0n) is 17.5. The number of benzene rings is 1. The SMILES string of the molecule is C=CCC(OC)C12CN(COC(C)(C)C)CCC1(c1ccc(C)c(Cl)c1)C2. The maximum atomic E-state index is 6.48. The summed E-state index contributed by atoms with van der Waals surface area (Å²) < 4.78 is 12.1. The summed E-state index contributed by atoms with van der Waals surface area (Å²) in [7, 11) is 1.83. The third-order valence-electron chi connectivity index (χ3n) is 6.49. The molecule has 0 bridgehead atoms. The predicted octanol–water partition coefficient (Wildman–Crippen LogP) is 5.35. The van der Waals surface area contributed by atoms with Crippen molar-refractivity contribution in [1.82, 2.24) is 4.90 Å². The molecule has 0 spiro atoms. The van der Waals surface area contributed by atoms with E-state index in [4.69, 9.17) is 21.1 Å². The summed E-state index contributed by atoms with van der Waals surface area (Å²) in [6, 6.07) is 6.60. The zero-order chi connectivity index (χ0) is 19.9. The van der Waals surface area contributed by atoms with Gasteiger partial charge in [0, 0.05) is 36.1 Å². The maximum absolute atomic E-state index is 6.48. The zero-order valence-corrected chi connectivity index (χ0v) is 18.2.